The summed E-state index contributed by atoms with van der Waals surface area (Å²) in [5, 5.41) is 3.08. The van der Waals surface area contributed by atoms with E-state index in [1.807, 2.05) is 36.4 Å². The lowest BCUT2D eigenvalue weighted by molar-refractivity contribution is -0.120. The van der Waals surface area contributed by atoms with Gasteiger partial charge in [0.05, 0.1) is 11.0 Å². The van der Waals surface area contributed by atoms with Gasteiger partial charge in [-0.1, -0.05) is 31.4 Å². The molecule has 0 atom stereocenters. The summed E-state index contributed by atoms with van der Waals surface area (Å²) in [4.78, 5) is 20.6. The molecule has 1 fully saturated rings. The minimum absolute atomic E-state index is 0.128. The molecule has 2 aliphatic rings. The Morgan fingerprint density at radius 1 is 1.04 bits per heavy atom. The van der Waals surface area contributed by atoms with Crippen LogP contribution in [0.3, 0.4) is 0 Å². The predicted octanol–water partition coefficient (Wildman–Crippen LogP) is 4.52. The molecule has 1 aliphatic heterocycles. The Morgan fingerprint density at radius 3 is 2.64 bits per heavy atom. The molecule has 3 aromatic rings. The number of ether oxygens (including phenoxy) is 2. The number of imidazole rings is 1. The molecular weight excluding hydrogens is 354 g/mol. The highest BCUT2D eigenvalue weighted by Gasteiger charge is 2.21. The molecule has 5 rings (SSSR count). The number of aromatic nitrogens is 2. The number of carbonyl (C=O) groups excluding carboxylic acids is 1. The van der Waals surface area contributed by atoms with Gasteiger partial charge in [0.25, 0.3) is 0 Å². The second-order valence-electron chi connectivity index (χ2n) is 7.50. The average Bonchev–Trinajstić information content (AvgIpc) is 3.16. The molecular formula is C22H23N3O3. The maximum atomic E-state index is 12.5. The first-order valence-corrected chi connectivity index (χ1v) is 9.97. The summed E-state index contributed by atoms with van der Waals surface area (Å²) in [6.45, 7) is 1.11. The number of anilines is 1. The topological polar surface area (TPSA) is 76.2 Å². The minimum atomic E-state index is 0.128. The highest BCUT2D eigenvalue weighted by atomic mass is 16.6. The summed E-state index contributed by atoms with van der Waals surface area (Å²) < 4.78 is 11.3. The van der Waals surface area contributed by atoms with Crippen LogP contribution >= 0.6 is 0 Å². The molecule has 1 saturated carbocycles. The smallest absolute Gasteiger partial charge is 0.227 e. The van der Waals surface area contributed by atoms with E-state index >= 15 is 0 Å². The van der Waals surface area contributed by atoms with E-state index in [0.717, 1.165) is 65.3 Å². The van der Waals surface area contributed by atoms with Crippen LogP contribution in [0.1, 0.15) is 32.1 Å². The third kappa shape index (κ3) is 3.30. The Balaban J connectivity index is 1.40. The molecule has 0 bridgehead atoms. The Labute approximate surface area is 163 Å². The van der Waals surface area contributed by atoms with Crippen molar-refractivity contribution in [3.05, 3.63) is 36.4 Å². The highest BCUT2D eigenvalue weighted by Crippen LogP contribution is 2.35. The van der Waals surface area contributed by atoms with E-state index in [1.54, 1.807) is 0 Å². The second-order valence-corrected chi connectivity index (χ2v) is 7.50. The normalized spacial score (nSPS) is 16.9. The molecule has 28 heavy (non-hydrogen) atoms. The van der Waals surface area contributed by atoms with Crippen LogP contribution in [0, 0.1) is 5.92 Å². The van der Waals surface area contributed by atoms with Crippen LogP contribution in [0.5, 0.6) is 11.5 Å². The van der Waals surface area contributed by atoms with Gasteiger partial charge in [-0.05, 0) is 25.0 Å². The van der Waals surface area contributed by atoms with Crippen LogP contribution in [-0.4, -0.2) is 29.1 Å². The van der Waals surface area contributed by atoms with Crippen molar-refractivity contribution in [2.24, 2.45) is 5.92 Å². The molecule has 0 saturated heterocycles. The molecule has 1 aliphatic carbocycles. The number of aromatic amines is 1. The molecule has 0 radical (unpaired) electrons. The van der Waals surface area contributed by atoms with E-state index in [2.05, 4.69) is 10.3 Å². The number of nitrogens with one attached hydrogen (secondary N) is 2. The van der Waals surface area contributed by atoms with Gasteiger partial charge in [-0.25, -0.2) is 4.98 Å². The van der Waals surface area contributed by atoms with E-state index in [1.165, 1.54) is 6.42 Å². The third-order valence-electron chi connectivity index (χ3n) is 5.53. The SMILES string of the molecule is O=C(Nc1cccc(-c2nc3cc4c(cc3[nH]2)OCCO4)c1)C1CCCCC1. The number of H-pyrrole nitrogens is 1. The Hall–Kier alpha value is -3.02. The van der Waals surface area contributed by atoms with E-state index < -0.39 is 0 Å². The van der Waals surface area contributed by atoms with Gasteiger partial charge in [0.1, 0.15) is 19.0 Å². The number of amides is 1. The van der Waals surface area contributed by atoms with Gasteiger partial charge in [-0.2, -0.15) is 0 Å². The largest absolute Gasteiger partial charge is 0.486 e. The summed E-state index contributed by atoms with van der Waals surface area (Å²) >= 11 is 0. The van der Waals surface area contributed by atoms with Crippen LogP contribution < -0.4 is 14.8 Å². The van der Waals surface area contributed by atoms with Crippen molar-refractivity contribution < 1.29 is 14.3 Å². The summed E-state index contributed by atoms with van der Waals surface area (Å²) in [6, 6.07) is 11.6. The van der Waals surface area contributed by atoms with Gasteiger partial charge in [0, 0.05) is 29.3 Å². The van der Waals surface area contributed by atoms with E-state index in [0.29, 0.717) is 13.2 Å². The highest BCUT2D eigenvalue weighted by molar-refractivity contribution is 5.93. The van der Waals surface area contributed by atoms with Gasteiger partial charge in [-0.15, -0.1) is 0 Å². The molecule has 0 unspecified atom stereocenters. The van der Waals surface area contributed by atoms with Crippen molar-refractivity contribution in [3.63, 3.8) is 0 Å². The van der Waals surface area contributed by atoms with Crippen molar-refractivity contribution in [2.45, 2.75) is 32.1 Å². The Bertz CT molecular complexity index is 978. The van der Waals surface area contributed by atoms with E-state index in [9.17, 15) is 4.79 Å². The Kier molecular flexibility index (Phi) is 4.39. The van der Waals surface area contributed by atoms with Crippen LogP contribution in [0.25, 0.3) is 22.4 Å². The monoisotopic (exact) mass is 377 g/mol. The van der Waals surface area contributed by atoms with Gasteiger partial charge >= 0.3 is 0 Å². The third-order valence-corrected chi connectivity index (χ3v) is 5.53. The minimum Gasteiger partial charge on any atom is -0.486 e. The first-order chi connectivity index (χ1) is 13.8. The van der Waals surface area contributed by atoms with E-state index in [-0.39, 0.29) is 11.8 Å². The first kappa shape index (κ1) is 17.1. The number of nitrogens with zero attached hydrogens (tertiary/aromatic N) is 1. The number of hydrogen-bond donors (Lipinski definition) is 2. The van der Waals surface area contributed by atoms with Gasteiger partial charge in [0.2, 0.25) is 5.91 Å². The number of carbonyl (C=O) groups is 1. The van der Waals surface area contributed by atoms with Crippen LogP contribution in [0.15, 0.2) is 36.4 Å². The molecule has 1 aromatic heterocycles. The number of rotatable bonds is 3. The van der Waals surface area contributed by atoms with Crippen molar-refractivity contribution >= 4 is 22.6 Å². The lowest BCUT2D eigenvalue weighted by Crippen LogP contribution is -2.24. The molecule has 2 N–H and O–H groups in total. The summed E-state index contributed by atoms with van der Waals surface area (Å²) in [5.41, 5.74) is 3.46. The van der Waals surface area contributed by atoms with Gasteiger partial charge < -0.3 is 19.8 Å². The molecule has 2 heterocycles. The summed E-state index contributed by atoms with van der Waals surface area (Å²) in [7, 11) is 0. The lowest BCUT2D eigenvalue weighted by atomic mass is 9.88. The maximum Gasteiger partial charge on any atom is 0.227 e. The number of fused-ring (bicyclic) bond motifs is 2. The van der Waals surface area contributed by atoms with Crippen molar-refractivity contribution in [1.82, 2.24) is 9.97 Å². The maximum absolute atomic E-state index is 12.5. The molecule has 144 valence electrons. The molecule has 6 nitrogen and oxygen atoms in total. The van der Waals surface area contributed by atoms with Gasteiger partial charge in [0.15, 0.2) is 11.5 Å². The van der Waals surface area contributed by atoms with Crippen LogP contribution in [0.2, 0.25) is 0 Å². The van der Waals surface area contributed by atoms with Crippen molar-refractivity contribution in [3.8, 4) is 22.9 Å². The standard InChI is InChI=1S/C22H23N3O3/c26-22(14-5-2-1-3-6-14)23-16-8-4-7-15(11-16)21-24-17-12-19-20(13-18(17)25-21)28-10-9-27-19/h4,7-8,11-14H,1-3,5-6,9-10H2,(H,23,26)(H,24,25). The van der Waals surface area contributed by atoms with Crippen LogP contribution in [0.4, 0.5) is 5.69 Å². The molecule has 2 aromatic carbocycles. The quantitative estimate of drug-likeness (QED) is 0.704. The van der Waals surface area contributed by atoms with Gasteiger partial charge in [-0.3, -0.25) is 4.79 Å². The molecule has 6 heteroatoms. The van der Waals surface area contributed by atoms with Crippen molar-refractivity contribution in [2.75, 3.05) is 18.5 Å². The zero-order chi connectivity index (χ0) is 18.9. The van der Waals surface area contributed by atoms with Crippen LogP contribution in [-0.2, 0) is 4.79 Å². The second kappa shape index (κ2) is 7.19. The fourth-order valence-corrected chi connectivity index (χ4v) is 4.04. The fourth-order valence-electron chi connectivity index (χ4n) is 4.04. The zero-order valence-corrected chi connectivity index (χ0v) is 15.7. The fraction of sp³-hybridized carbons (Fsp3) is 0.364. The lowest BCUT2D eigenvalue weighted by Gasteiger charge is -2.20. The zero-order valence-electron chi connectivity index (χ0n) is 15.7. The molecule has 1 amide bonds. The number of hydrogen-bond acceptors (Lipinski definition) is 4. The average molecular weight is 377 g/mol. The molecule has 0 spiro atoms. The summed E-state index contributed by atoms with van der Waals surface area (Å²) in [6.07, 6.45) is 5.52. The van der Waals surface area contributed by atoms with E-state index in [4.69, 9.17) is 14.5 Å². The first-order valence-electron chi connectivity index (χ1n) is 9.97. The van der Waals surface area contributed by atoms with Crippen molar-refractivity contribution in [1.29, 1.82) is 0 Å². The predicted molar refractivity (Wildman–Crippen MR) is 108 cm³/mol. The Morgan fingerprint density at radius 2 is 1.82 bits per heavy atom. The summed E-state index contributed by atoms with van der Waals surface area (Å²) in [5.74, 6) is 2.48. The number of benzene rings is 2.